The molecule has 7 heteroatoms. The van der Waals surface area contributed by atoms with E-state index in [9.17, 15) is 4.79 Å². The number of amides is 1. The number of carbonyl (C=O) groups excluding carboxylic acids is 1. The highest BCUT2D eigenvalue weighted by Gasteiger charge is 2.27. The van der Waals surface area contributed by atoms with Crippen molar-refractivity contribution >= 4 is 18.0 Å². The van der Waals surface area contributed by atoms with Crippen molar-refractivity contribution in [3.05, 3.63) is 72.1 Å². The van der Waals surface area contributed by atoms with E-state index in [-0.39, 0.29) is 24.4 Å². The fourth-order valence-corrected chi connectivity index (χ4v) is 2.44. The lowest BCUT2D eigenvalue weighted by Gasteiger charge is -2.23. The standard InChI is InChI=1S/C19H15N3O4/c23-17(11-10-13-6-2-1-3-7-13)20-19-22-21-18(26-19)16-12-24-14-8-4-5-9-15(14)25-16/h1-11,16H,12H2,(H,20,22,23). The Balaban J connectivity index is 1.39. The number of para-hydroxylation sites is 2. The van der Waals surface area contributed by atoms with Crippen LogP contribution >= 0.6 is 0 Å². The number of aromatic nitrogens is 2. The van der Waals surface area contributed by atoms with Crippen molar-refractivity contribution in [1.29, 1.82) is 0 Å². The molecule has 2 heterocycles. The lowest BCUT2D eigenvalue weighted by atomic mass is 10.2. The SMILES string of the molecule is O=C(C=Cc1ccccc1)Nc1nnc(C2COc3ccccc3O2)o1. The molecule has 4 rings (SSSR count). The monoisotopic (exact) mass is 349 g/mol. The minimum atomic E-state index is -0.525. The number of fused-ring (bicyclic) bond motifs is 1. The van der Waals surface area contributed by atoms with Gasteiger partial charge in [0.05, 0.1) is 0 Å². The predicted octanol–water partition coefficient (Wildman–Crippen LogP) is 3.23. The van der Waals surface area contributed by atoms with Crippen LogP contribution in [0.1, 0.15) is 17.6 Å². The molecule has 0 spiro atoms. The molecule has 2 aromatic carbocycles. The Kier molecular flexibility index (Phi) is 4.34. The summed E-state index contributed by atoms with van der Waals surface area (Å²) in [6.45, 7) is 0.250. The predicted molar refractivity (Wildman–Crippen MR) is 93.7 cm³/mol. The summed E-state index contributed by atoms with van der Waals surface area (Å²) in [4.78, 5) is 12.0. The van der Waals surface area contributed by atoms with Crippen molar-refractivity contribution in [2.45, 2.75) is 6.10 Å². The molecule has 1 aromatic heterocycles. The van der Waals surface area contributed by atoms with E-state index in [1.807, 2.05) is 48.5 Å². The van der Waals surface area contributed by atoms with E-state index in [1.165, 1.54) is 6.08 Å². The molecular weight excluding hydrogens is 334 g/mol. The van der Waals surface area contributed by atoms with E-state index in [0.29, 0.717) is 11.5 Å². The Morgan fingerprint density at radius 1 is 1.04 bits per heavy atom. The van der Waals surface area contributed by atoms with Crippen LogP contribution in [-0.2, 0) is 4.79 Å². The van der Waals surface area contributed by atoms with Crippen LogP contribution < -0.4 is 14.8 Å². The van der Waals surface area contributed by atoms with Crippen LogP contribution in [0.25, 0.3) is 6.08 Å². The molecule has 1 unspecified atom stereocenters. The molecule has 0 radical (unpaired) electrons. The van der Waals surface area contributed by atoms with Crippen LogP contribution in [0.4, 0.5) is 6.01 Å². The number of hydrogen-bond donors (Lipinski definition) is 1. The van der Waals surface area contributed by atoms with Gasteiger partial charge in [-0.25, -0.2) is 0 Å². The van der Waals surface area contributed by atoms with Crippen molar-refractivity contribution < 1.29 is 18.7 Å². The van der Waals surface area contributed by atoms with E-state index in [1.54, 1.807) is 12.1 Å². The molecule has 0 saturated carbocycles. The van der Waals surface area contributed by atoms with Gasteiger partial charge in [0.15, 0.2) is 11.5 Å². The summed E-state index contributed by atoms with van der Waals surface area (Å²) in [5.41, 5.74) is 0.917. The Morgan fingerprint density at radius 2 is 1.81 bits per heavy atom. The molecule has 1 amide bonds. The van der Waals surface area contributed by atoms with Crippen LogP contribution in [0.3, 0.4) is 0 Å². The lowest BCUT2D eigenvalue weighted by molar-refractivity contribution is -0.112. The van der Waals surface area contributed by atoms with Crippen molar-refractivity contribution in [3.8, 4) is 11.5 Å². The molecule has 0 aliphatic carbocycles. The summed E-state index contributed by atoms with van der Waals surface area (Å²) in [5, 5.41) is 10.3. The van der Waals surface area contributed by atoms with E-state index >= 15 is 0 Å². The second-order valence-electron chi connectivity index (χ2n) is 5.54. The maximum absolute atomic E-state index is 12.0. The minimum absolute atomic E-state index is 0.00479. The molecule has 0 saturated heterocycles. The maximum Gasteiger partial charge on any atom is 0.322 e. The van der Waals surface area contributed by atoms with Gasteiger partial charge in [-0.2, -0.15) is 0 Å². The van der Waals surface area contributed by atoms with E-state index in [2.05, 4.69) is 15.5 Å². The average molecular weight is 349 g/mol. The van der Waals surface area contributed by atoms with Gasteiger partial charge in [0.1, 0.15) is 6.61 Å². The zero-order valence-corrected chi connectivity index (χ0v) is 13.7. The van der Waals surface area contributed by atoms with Crippen LogP contribution in [0.2, 0.25) is 0 Å². The van der Waals surface area contributed by atoms with Crippen molar-refractivity contribution in [3.63, 3.8) is 0 Å². The maximum atomic E-state index is 12.0. The van der Waals surface area contributed by atoms with Gasteiger partial charge in [0.2, 0.25) is 6.10 Å². The molecular formula is C19H15N3O4. The van der Waals surface area contributed by atoms with Gasteiger partial charge in [0, 0.05) is 6.08 Å². The molecule has 26 heavy (non-hydrogen) atoms. The zero-order valence-electron chi connectivity index (χ0n) is 13.7. The highest BCUT2D eigenvalue weighted by Crippen LogP contribution is 2.35. The van der Waals surface area contributed by atoms with Crippen molar-refractivity contribution in [2.24, 2.45) is 0 Å². The van der Waals surface area contributed by atoms with Crippen LogP contribution in [0.5, 0.6) is 11.5 Å². The largest absolute Gasteiger partial charge is 0.485 e. The number of hydrogen-bond acceptors (Lipinski definition) is 6. The molecule has 1 atom stereocenters. The van der Waals surface area contributed by atoms with Gasteiger partial charge in [-0.1, -0.05) is 47.6 Å². The van der Waals surface area contributed by atoms with E-state index < -0.39 is 6.10 Å². The third-order valence-electron chi connectivity index (χ3n) is 3.68. The summed E-state index contributed by atoms with van der Waals surface area (Å²) < 4.78 is 16.9. The number of anilines is 1. The number of nitrogens with one attached hydrogen (secondary N) is 1. The first-order valence-corrected chi connectivity index (χ1v) is 8.04. The first kappa shape index (κ1) is 15.9. The van der Waals surface area contributed by atoms with Gasteiger partial charge >= 0.3 is 6.01 Å². The fourth-order valence-electron chi connectivity index (χ4n) is 2.44. The number of benzene rings is 2. The fraction of sp³-hybridized carbons (Fsp3) is 0.105. The average Bonchev–Trinajstić information content (AvgIpc) is 3.15. The van der Waals surface area contributed by atoms with Crippen molar-refractivity contribution in [2.75, 3.05) is 11.9 Å². The van der Waals surface area contributed by atoms with Crippen molar-refractivity contribution in [1.82, 2.24) is 10.2 Å². The highest BCUT2D eigenvalue weighted by atomic mass is 16.6. The molecule has 130 valence electrons. The zero-order chi connectivity index (χ0) is 17.8. The first-order valence-electron chi connectivity index (χ1n) is 8.04. The second kappa shape index (κ2) is 7.10. The van der Waals surface area contributed by atoms with Crippen LogP contribution in [0, 0.1) is 0 Å². The van der Waals surface area contributed by atoms with Gasteiger partial charge in [-0.15, -0.1) is 5.10 Å². The molecule has 1 aliphatic rings. The Morgan fingerprint density at radius 3 is 2.65 bits per heavy atom. The third-order valence-corrected chi connectivity index (χ3v) is 3.68. The molecule has 7 nitrogen and oxygen atoms in total. The molecule has 0 fully saturated rings. The third kappa shape index (κ3) is 3.56. The Hall–Kier alpha value is -3.61. The number of nitrogens with zero attached hydrogens (tertiary/aromatic N) is 2. The number of rotatable bonds is 4. The lowest BCUT2D eigenvalue weighted by Crippen LogP contribution is -2.21. The second-order valence-corrected chi connectivity index (χ2v) is 5.54. The smallest absolute Gasteiger partial charge is 0.322 e. The number of ether oxygens (including phenoxy) is 2. The van der Waals surface area contributed by atoms with Gasteiger partial charge in [-0.05, 0) is 23.8 Å². The number of carbonyl (C=O) groups is 1. The summed E-state index contributed by atoms with van der Waals surface area (Å²) in [6, 6.07) is 16.8. The van der Waals surface area contributed by atoms with E-state index in [0.717, 1.165) is 5.56 Å². The molecule has 3 aromatic rings. The first-order chi connectivity index (χ1) is 12.8. The summed E-state index contributed by atoms with van der Waals surface area (Å²) >= 11 is 0. The van der Waals surface area contributed by atoms with Crippen LogP contribution in [0.15, 0.2) is 65.1 Å². The van der Waals surface area contributed by atoms with E-state index in [4.69, 9.17) is 13.9 Å². The molecule has 1 N–H and O–H groups in total. The quantitative estimate of drug-likeness (QED) is 0.728. The van der Waals surface area contributed by atoms with Gasteiger partial charge < -0.3 is 13.9 Å². The Labute approximate surface area is 149 Å². The van der Waals surface area contributed by atoms with Crippen LogP contribution in [-0.4, -0.2) is 22.7 Å². The molecule has 1 aliphatic heterocycles. The summed E-state index contributed by atoms with van der Waals surface area (Å²) in [6.07, 6.45) is 2.57. The summed E-state index contributed by atoms with van der Waals surface area (Å²) in [5.74, 6) is 1.15. The van der Waals surface area contributed by atoms with Gasteiger partial charge in [-0.3, -0.25) is 10.1 Å². The molecule has 0 bridgehead atoms. The van der Waals surface area contributed by atoms with Gasteiger partial charge in [0.25, 0.3) is 11.8 Å². The topological polar surface area (TPSA) is 86.5 Å². The Bertz CT molecular complexity index is 937. The highest BCUT2D eigenvalue weighted by molar-refractivity contribution is 6.00. The summed E-state index contributed by atoms with van der Waals surface area (Å²) in [7, 11) is 0. The normalized spacial score (nSPS) is 15.8. The minimum Gasteiger partial charge on any atom is -0.485 e.